The highest BCUT2D eigenvalue weighted by atomic mass is 19.3. The zero-order valence-corrected chi connectivity index (χ0v) is 9.77. The maximum atomic E-state index is 13.7. The Balaban J connectivity index is 2.20. The van der Waals surface area contributed by atoms with E-state index in [1.54, 1.807) is 12.1 Å². The minimum atomic E-state index is -3.46. The van der Waals surface area contributed by atoms with E-state index in [4.69, 9.17) is 0 Å². The topological polar surface area (TPSA) is 20.3 Å². The molecule has 0 saturated carbocycles. The smallest absolute Gasteiger partial charge is 0.329 e. The molecule has 18 heavy (non-hydrogen) atoms. The second-order valence-electron chi connectivity index (χ2n) is 4.11. The van der Waals surface area contributed by atoms with Crippen LogP contribution in [-0.2, 0) is 11.3 Å². The Kier molecular flexibility index (Phi) is 3.28. The molecule has 0 aliphatic carbocycles. The number of halogens is 2. The van der Waals surface area contributed by atoms with Crippen LogP contribution in [0.25, 0.3) is 0 Å². The van der Waals surface area contributed by atoms with E-state index in [0.717, 1.165) is 16.5 Å². The van der Waals surface area contributed by atoms with Gasteiger partial charge in [0, 0.05) is 18.7 Å². The average molecular weight is 249 g/mol. The van der Waals surface area contributed by atoms with Crippen LogP contribution in [0.3, 0.4) is 0 Å². The highest BCUT2D eigenvalue weighted by molar-refractivity contribution is 5.89. The predicted molar refractivity (Wildman–Crippen MR) is 65.1 cm³/mol. The number of alkyl halides is 2. The number of hydrogen-bond acceptors (Lipinski definition) is 1. The van der Waals surface area contributed by atoms with Gasteiger partial charge >= 0.3 is 5.92 Å². The van der Waals surface area contributed by atoms with Gasteiger partial charge in [-0.25, -0.2) is 0 Å². The molecular formula is C14H13F2NO. The molecule has 1 heterocycles. The van der Waals surface area contributed by atoms with Gasteiger partial charge in [-0.3, -0.25) is 4.79 Å². The number of nitrogens with zero attached hydrogens (tertiary/aromatic N) is 1. The summed E-state index contributed by atoms with van der Waals surface area (Å²) in [5.74, 6) is -4.63. The van der Waals surface area contributed by atoms with Crippen molar-refractivity contribution in [3.63, 3.8) is 0 Å². The molecule has 1 aromatic carbocycles. The summed E-state index contributed by atoms with van der Waals surface area (Å²) in [5, 5.41) is 0. The van der Waals surface area contributed by atoms with E-state index in [0.29, 0.717) is 0 Å². The Morgan fingerprint density at radius 2 is 2.00 bits per heavy atom. The number of carbonyl (C=O) groups is 1. The van der Waals surface area contributed by atoms with Gasteiger partial charge in [-0.05, 0) is 5.56 Å². The van der Waals surface area contributed by atoms with E-state index in [9.17, 15) is 13.6 Å². The van der Waals surface area contributed by atoms with Crippen molar-refractivity contribution in [3.8, 4) is 0 Å². The van der Waals surface area contributed by atoms with Crippen LogP contribution in [0.4, 0.5) is 8.78 Å². The van der Waals surface area contributed by atoms with Crippen LogP contribution in [0.2, 0.25) is 0 Å². The SMILES string of the molecule is C=CC1=CCN(Cc2ccccc2)C(=O)C1(F)F. The first-order valence-corrected chi connectivity index (χ1v) is 5.60. The first kappa shape index (κ1) is 12.5. The Bertz CT molecular complexity index is 494. The minimum absolute atomic E-state index is 0.185. The molecule has 1 amide bonds. The summed E-state index contributed by atoms with van der Waals surface area (Å²) < 4.78 is 27.4. The van der Waals surface area contributed by atoms with Gasteiger partial charge in [0.25, 0.3) is 5.91 Å². The standard InChI is InChI=1S/C14H13F2NO/c1-2-12-8-9-17(13(18)14(12,15)16)10-11-6-4-3-5-7-11/h2-8H,1,9-10H2. The molecule has 0 bridgehead atoms. The number of rotatable bonds is 3. The van der Waals surface area contributed by atoms with Gasteiger partial charge in [-0.1, -0.05) is 49.1 Å². The van der Waals surface area contributed by atoms with Gasteiger partial charge in [-0.2, -0.15) is 8.78 Å². The van der Waals surface area contributed by atoms with Crippen LogP contribution >= 0.6 is 0 Å². The third-order valence-corrected chi connectivity index (χ3v) is 2.89. The van der Waals surface area contributed by atoms with Gasteiger partial charge in [0.05, 0.1) is 0 Å². The molecule has 1 aliphatic heterocycles. The van der Waals surface area contributed by atoms with E-state index in [1.807, 2.05) is 18.2 Å². The Morgan fingerprint density at radius 3 is 2.61 bits per heavy atom. The van der Waals surface area contributed by atoms with E-state index < -0.39 is 11.8 Å². The lowest BCUT2D eigenvalue weighted by molar-refractivity contribution is -0.153. The molecule has 2 nitrogen and oxygen atoms in total. The Morgan fingerprint density at radius 1 is 1.33 bits per heavy atom. The molecule has 94 valence electrons. The van der Waals surface area contributed by atoms with Crippen molar-refractivity contribution in [1.29, 1.82) is 0 Å². The zero-order valence-electron chi connectivity index (χ0n) is 9.77. The van der Waals surface area contributed by atoms with E-state index in [-0.39, 0.29) is 18.7 Å². The molecule has 1 aliphatic rings. The monoisotopic (exact) mass is 249 g/mol. The summed E-state index contributed by atoms with van der Waals surface area (Å²) >= 11 is 0. The Hall–Kier alpha value is -1.97. The molecule has 0 saturated heterocycles. The lowest BCUT2D eigenvalue weighted by Crippen LogP contribution is -2.47. The van der Waals surface area contributed by atoms with Crippen LogP contribution in [0.15, 0.2) is 54.6 Å². The summed E-state index contributed by atoms with van der Waals surface area (Å²) in [5.41, 5.74) is 0.522. The van der Waals surface area contributed by atoms with Gasteiger partial charge in [-0.15, -0.1) is 0 Å². The van der Waals surface area contributed by atoms with E-state index >= 15 is 0 Å². The van der Waals surface area contributed by atoms with E-state index in [1.165, 1.54) is 6.08 Å². The lowest BCUT2D eigenvalue weighted by atomic mass is 10.0. The third-order valence-electron chi connectivity index (χ3n) is 2.89. The Labute approximate surface area is 104 Å². The van der Waals surface area contributed by atoms with Crippen LogP contribution in [-0.4, -0.2) is 23.3 Å². The van der Waals surface area contributed by atoms with Crippen molar-refractivity contribution in [3.05, 3.63) is 60.2 Å². The van der Waals surface area contributed by atoms with Gasteiger partial charge in [0.2, 0.25) is 0 Å². The summed E-state index contributed by atoms with van der Waals surface area (Å²) in [4.78, 5) is 12.8. The highest BCUT2D eigenvalue weighted by Gasteiger charge is 2.46. The molecule has 0 radical (unpaired) electrons. The largest absolute Gasteiger partial charge is 0.349 e. The molecule has 0 atom stereocenters. The summed E-state index contributed by atoms with van der Waals surface area (Å²) in [6.45, 7) is 3.68. The molecule has 0 unspecified atom stereocenters. The van der Waals surface area contributed by atoms with Crippen molar-refractivity contribution >= 4 is 5.91 Å². The van der Waals surface area contributed by atoms with Gasteiger partial charge < -0.3 is 4.90 Å². The van der Waals surface area contributed by atoms with E-state index in [2.05, 4.69) is 6.58 Å². The maximum Gasteiger partial charge on any atom is 0.349 e. The van der Waals surface area contributed by atoms with Crippen molar-refractivity contribution in [2.24, 2.45) is 0 Å². The molecule has 2 rings (SSSR count). The quantitative estimate of drug-likeness (QED) is 0.806. The number of carbonyl (C=O) groups excluding carboxylic acids is 1. The van der Waals surface area contributed by atoms with Crippen molar-refractivity contribution in [1.82, 2.24) is 4.90 Å². The fourth-order valence-electron chi connectivity index (χ4n) is 1.89. The van der Waals surface area contributed by atoms with Crippen LogP contribution in [0.1, 0.15) is 5.56 Å². The second-order valence-corrected chi connectivity index (χ2v) is 4.11. The predicted octanol–water partition coefficient (Wildman–Crippen LogP) is 2.78. The molecule has 4 heteroatoms. The van der Waals surface area contributed by atoms with Crippen LogP contribution in [0.5, 0.6) is 0 Å². The van der Waals surface area contributed by atoms with Gasteiger partial charge in [0.15, 0.2) is 0 Å². The fraction of sp³-hybridized carbons (Fsp3) is 0.214. The lowest BCUT2D eigenvalue weighted by Gasteiger charge is -2.31. The summed E-state index contributed by atoms with van der Waals surface area (Å²) in [7, 11) is 0. The number of hydrogen-bond donors (Lipinski definition) is 0. The zero-order chi connectivity index (χ0) is 13.2. The summed E-state index contributed by atoms with van der Waals surface area (Å²) in [6.07, 6.45) is 2.38. The molecule has 1 aromatic rings. The third kappa shape index (κ3) is 2.18. The fourth-order valence-corrected chi connectivity index (χ4v) is 1.89. The second kappa shape index (κ2) is 4.72. The first-order valence-electron chi connectivity index (χ1n) is 5.60. The molecule has 0 N–H and O–H groups in total. The molecule has 0 aromatic heterocycles. The van der Waals surface area contributed by atoms with Crippen LogP contribution < -0.4 is 0 Å². The summed E-state index contributed by atoms with van der Waals surface area (Å²) in [6, 6.07) is 9.07. The first-order chi connectivity index (χ1) is 8.55. The van der Waals surface area contributed by atoms with Crippen molar-refractivity contribution in [2.45, 2.75) is 12.5 Å². The number of benzene rings is 1. The van der Waals surface area contributed by atoms with Gasteiger partial charge in [0.1, 0.15) is 0 Å². The normalized spacial score (nSPS) is 18.4. The van der Waals surface area contributed by atoms with Crippen molar-refractivity contribution < 1.29 is 13.6 Å². The van der Waals surface area contributed by atoms with Crippen LogP contribution in [0, 0.1) is 0 Å². The molecule has 0 fully saturated rings. The molecule has 0 spiro atoms. The minimum Gasteiger partial charge on any atom is -0.329 e. The highest BCUT2D eigenvalue weighted by Crippen LogP contribution is 2.31. The average Bonchev–Trinajstić information content (AvgIpc) is 2.37. The maximum absolute atomic E-state index is 13.7. The number of amides is 1. The number of allylic oxidation sites excluding steroid dienone is 1. The van der Waals surface area contributed by atoms with Crippen molar-refractivity contribution in [2.75, 3.05) is 6.54 Å². The molecular weight excluding hydrogens is 236 g/mol.